The van der Waals surface area contributed by atoms with Crippen LogP contribution in [0.1, 0.15) is 18.9 Å². The molecule has 0 saturated heterocycles. The van der Waals surface area contributed by atoms with Crippen LogP contribution in [0.3, 0.4) is 0 Å². The number of benzene rings is 1. The van der Waals surface area contributed by atoms with Crippen LogP contribution in [0, 0.1) is 0 Å². The van der Waals surface area contributed by atoms with E-state index in [1.807, 2.05) is 24.3 Å². The Bertz CT molecular complexity index is 465. The highest BCUT2D eigenvalue weighted by atomic mass is 79.9. The number of urea groups is 1. The second-order valence-electron chi connectivity index (χ2n) is 4.23. The highest BCUT2D eigenvalue weighted by Crippen LogP contribution is 2.13. The molecule has 104 valence electrons. The lowest BCUT2D eigenvalue weighted by molar-refractivity contribution is -0.139. The fraction of sp³-hybridized carbons (Fsp3) is 0.385. The first-order chi connectivity index (χ1) is 8.93. The van der Waals surface area contributed by atoms with E-state index in [0.29, 0.717) is 13.0 Å². The van der Waals surface area contributed by atoms with Gasteiger partial charge in [-0.2, -0.15) is 0 Å². The predicted octanol–water partition coefficient (Wildman–Crippen LogP) is 2.45. The lowest BCUT2D eigenvalue weighted by atomic mass is 10.2. The van der Waals surface area contributed by atoms with Gasteiger partial charge >= 0.3 is 12.0 Å². The van der Waals surface area contributed by atoms with Crippen molar-refractivity contribution in [2.45, 2.75) is 25.9 Å². The van der Waals surface area contributed by atoms with Gasteiger partial charge in [0.2, 0.25) is 0 Å². The molecular weight excluding hydrogens is 312 g/mol. The van der Waals surface area contributed by atoms with Crippen LogP contribution >= 0.6 is 15.9 Å². The van der Waals surface area contributed by atoms with Crippen molar-refractivity contribution in [3.8, 4) is 0 Å². The van der Waals surface area contributed by atoms with E-state index in [0.717, 1.165) is 10.0 Å². The molecular formula is C13H17BrN2O3. The summed E-state index contributed by atoms with van der Waals surface area (Å²) in [7, 11) is 1.63. The molecule has 0 heterocycles. The second kappa shape index (κ2) is 7.13. The molecule has 1 atom stereocenters. The van der Waals surface area contributed by atoms with E-state index in [9.17, 15) is 9.59 Å². The molecule has 2 N–H and O–H groups in total. The molecule has 19 heavy (non-hydrogen) atoms. The zero-order valence-corrected chi connectivity index (χ0v) is 12.5. The number of amides is 2. The number of carboxylic acid groups (broad SMARTS) is 1. The van der Waals surface area contributed by atoms with Crippen LogP contribution in [-0.2, 0) is 11.3 Å². The summed E-state index contributed by atoms with van der Waals surface area (Å²) < 4.78 is 0.941. The van der Waals surface area contributed by atoms with Gasteiger partial charge in [0.1, 0.15) is 6.04 Å². The van der Waals surface area contributed by atoms with E-state index in [1.54, 1.807) is 14.0 Å². The first-order valence-electron chi connectivity index (χ1n) is 5.93. The van der Waals surface area contributed by atoms with Gasteiger partial charge < -0.3 is 15.3 Å². The Morgan fingerprint density at radius 1 is 1.47 bits per heavy atom. The topological polar surface area (TPSA) is 69.6 Å². The largest absolute Gasteiger partial charge is 0.480 e. The molecule has 0 fully saturated rings. The molecule has 6 heteroatoms. The van der Waals surface area contributed by atoms with Gasteiger partial charge in [0.15, 0.2) is 0 Å². The monoisotopic (exact) mass is 328 g/mol. The molecule has 1 aromatic carbocycles. The number of hydrogen-bond donors (Lipinski definition) is 2. The first kappa shape index (κ1) is 15.5. The summed E-state index contributed by atoms with van der Waals surface area (Å²) in [5.41, 5.74) is 0.968. The van der Waals surface area contributed by atoms with Gasteiger partial charge in [-0.05, 0) is 24.1 Å². The molecule has 1 rings (SSSR count). The highest BCUT2D eigenvalue weighted by Gasteiger charge is 2.19. The number of carbonyl (C=O) groups is 2. The van der Waals surface area contributed by atoms with Gasteiger partial charge in [-0.1, -0.05) is 35.0 Å². The van der Waals surface area contributed by atoms with Gasteiger partial charge in [0, 0.05) is 18.1 Å². The Morgan fingerprint density at radius 3 is 2.68 bits per heavy atom. The van der Waals surface area contributed by atoms with E-state index in [-0.39, 0.29) is 0 Å². The van der Waals surface area contributed by atoms with Gasteiger partial charge in [-0.3, -0.25) is 0 Å². The molecule has 1 aromatic rings. The molecule has 0 bridgehead atoms. The number of halogens is 1. The number of hydrogen-bond acceptors (Lipinski definition) is 2. The average Bonchev–Trinajstić information content (AvgIpc) is 2.35. The number of aliphatic carboxylic acids is 1. The van der Waals surface area contributed by atoms with Crippen molar-refractivity contribution in [1.29, 1.82) is 0 Å². The van der Waals surface area contributed by atoms with Crippen molar-refractivity contribution in [1.82, 2.24) is 10.2 Å². The maximum Gasteiger partial charge on any atom is 0.326 e. The van der Waals surface area contributed by atoms with Gasteiger partial charge in [-0.25, -0.2) is 9.59 Å². The summed E-state index contributed by atoms with van der Waals surface area (Å²) in [5.74, 6) is -1.02. The van der Waals surface area contributed by atoms with Crippen molar-refractivity contribution < 1.29 is 14.7 Å². The maximum atomic E-state index is 11.8. The molecule has 5 nitrogen and oxygen atoms in total. The Kier molecular flexibility index (Phi) is 5.82. The minimum atomic E-state index is -1.02. The van der Waals surface area contributed by atoms with Crippen molar-refractivity contribution in [2.24, 2.45) is 0 Å². The Morgan fingerprint density at radius 2 is 2.16 bits per heavy atom. The molecule has 0 aromatic heterocycles. The Labute approximate surface area is 120 Å². The third kappa shape index (κ3) is 4.90. The smallest absolute Gasteiger partial charge is 0.326 e. The average molecular weight is 329 g/mol. The van der Waals surface area contributed by atoms with Crippen molar-refractivity contribution >= 4 is 27.9 Å². The fourth-order valence-electron chi connectivity index (χ4n) is 1.58. The van der Waals surface area contributed by atoms with Crippen LogP contribution in [0.15, 0.2) is 28.7 Å². The van der Waals surface area contributed by atoms with E-state index < -0.39 is 18.0 Å². The van der Waals surface area contributed by atoms with Gasteiger partial charge in [0.05, 0.1) is 0 Å². The zero-order chi connectivity index (χ0) is 14.4. The summed E-state index contributed by atoms with van der Waals surface area (Å²) in [4.78, 5) is 24.1. The van der Waals surface area contributed by atoms with Crippen molar-refractivity contribution in [3.05, 3.63) is 34.3 Å². The van der Waals surface area contributed by atoms with E-state index in [2.05, 4.69) is 21.2 Å². The minimum Gasteiger partial charge on any atom is -0.480 e. The second-order valence-corrected chi connectivity index (χ2v) is 5.15. The lowest BCUT2D eigenvalue weighted by Gasteiger charge is -2.21. The van der Waals surface area contributed by atoms with Crippen molar-refractivity contribution in [2.75, 3.05) is 7.05 Å². The van der Waals surface area contributed by atoms with E-state index in [4.69, 9.17) is 5.11 Å². The van der Waals surface area contributed by atoms with Gasteiger partial charge in [-0.15, -0.1) is 0 Å². The quantitative estimate of drug-likeness (QED) is 0.872. The fourth-order valence-corrected chi connectivity index (χ4v) is 2.03. The molecule has 2 amide bonds. The summed E-state index contributed by atoms with van der Waals surface area (Å²) in [5, 5.41) is 11.4. The van der Waals surface area contributed by atoms with E-state index in [1.165, 1.54) is 4.90 Å². The molecule has 0 radical (unpaired) electrons. The number of nitrogens with zero attached hydrogens (tertiary/aromatic N) is 1. The number of rotatable bonds is 5. The highest BCUT2D eigenvalue weighted by molar-refractivity contribution is 9.10. The summed E-state index contributed by atoms with van der Waals surface area (Å²) >= 11 is 3.36. The summed E-state index contributed by atoms with van der Waals surface area (Å²) in [6.45, 7) is 2.13. The molecule has 0 saturated carbocycles. The van der Waals surface area contributed by atoms with Crippen molar-refractivity contribution in [3.63, 3.8) is 0 Å². The van der Waals surface area contributed by atoms with Crippen LogP contribution in [0.25, 0.3) is 0 Å². The minimum absolute atomic E-state index is 0.353. The number of nitrogens with one attached hydrogen (secondary N) is 1. The summed E-state index contributed by atoms with van der Waals surface area (Å²) in [6, 6.07) is 6.37. The standard InChI is InChI=1S/C13H17BrN2O3/c1-3-11(12(17)18)15-13(19)16(2)8-9-5-4-6-10(14)7-9/h4-7,11H,3,8H2,1-2H3,(H,15,19)(H,17,18)/t11-/m1/s1. The summed E-state index contributed by atoms with van der Waals surface area (Å²) in [6.07, 6.45) is 0.353. The molecule has 0 aliphatic carbocycles. The van der Waals surface area contributed by atoms with Crippen LogP contribution < -0.4 is 5.32 Å². The third-order valence-corrected chi connectivity index (χ3v) is 3.15. The third-order valence-electron chi connectivity index (χ3n) is 2.66. The van der Waals surface area contributed by atoms with Crippen LogP contribution in [-0.4, -0.2) is 35.1 Å². The van der Waals surface area contributed by atoms with Gasteiger partial charge in [0.25, 0.3) is 0 Å². The maximum absolute atomic E-state index is 11.8. The molecule has 0 unspecified atom stereocenters. The first-order valence-corrected chi connectivity index (χ1v) is 6.72. The molecule has 0 spiro atoms. The number of carbonyl (C=O) groups excluding carboxylic acids is 1. The lowest BCUT2D eigenvalue weighted by Crippen LogP contribution is -2.46. The Hall–Kier alpha value is -1.56. The van der Waals surface area contributed by atoms with E-state index >= 15 is 0 Å². The normalized spacial score (nSPS) is 11.7. The predicted molar refractivity (Wildman–Crippen MR) is 75.9 cm³/mol. The molecule has 0 aliphatic rings. The SMILES string of the molecule is CC[C@@H](NC(=O)N(C)Cc1cccc(Br)c1)C(=O)O. The van der Waals surface area contributed by atoms with Crippen LogP contribution in [0.5, 0.6) is 0 Å². The molecule has 0 aliphatic heterocycles. The Balaban J connectivity index is 2.60. The zero-order valence-electron chi connectivity index (χ0n) is 10.9. The van der Waals surface area contributed by atoms with Crippen LogP contribution in [0.4, 0.5) is 4.79 Å². The number of carboxylic acids is 1. The van der Waals surface area contributed by atoms with Crippen LogP contribution in [0.2, 0.25) is 0 Å².